The third kappa shape index (κ3) is 3.22. The molecule has 1 atom stereocenters. The van der Waals surface area contributed by atoms with Crippen LogP contribution in [0.4, 0.5) is 0 Å². The molecular weight excluding hydrogens is 286 g/mol. The average Bonchev–Trinajstić information content (AvgIpc) is 2.71. The van der Waals surface area contributed by atoms with Gasteiger partial charge < -0.3 is 10.1 Å². The highest BCUT2D eigenvalue weighted by Gasteiger charge is 2.18. The molecule has 0 amide bonds. The molecule has 0 radical (unpaired) electrons. The summed E-state index contributed by atoms with van der Waals surface area (Å²) in [4.78, 5) is 0. The highest BCUT2D eigenvalue weighted by atomic mass is 35.5. The van der Waals surface area contributed by atoms with Crippen molar-refractivity contribution in [3.05, 3.63) is 45.7 Å². The first kappa shape index (κ1) is 15.9. The number of benzene rings is 1. The first-order valence-corrected chi connectivity index (χ1v) is 7.35. The Morgan fingerprint density at radius 1 is 1.38 bits per heavy atom. The number of nitrogens with zero attached hydrogens (tertiary/aromatic N) is 2. The van der Waals surface area contributed by atoms with Crippen molar-refractivity contribution in [2.75, 3.05) is 14.2 Å². The Morgan fingerprint density at radius 2 is 2.10 bits per heavy atom. The zero-order valence-corrected chi connectivity index (χ0v) is 14.0. The molecule has 2 aromatic rings. The number of nitrogens with one attached hydrogen (secondary N) is 1. The molecule has 0 fully saturated rings. The molecule has 4 nitrogen and oxygen atoms in total. The van der Waals surface area contributed by atoms with E-state index in [9.17, 15) is 0 Å². The number of rotatable bonds is 5. The fourth-order valence-corrected chi connectivity index (χ4v) is 2.80. The Labute approximate surface area is 131 Å². The number of ether oxygens (including phenoxy) is 1. The Kier molecular flexibility index (Phi) is 4.91. The van der Waals surface area contributed by atoms with Crippen molar-refractivity contribution in [1.29, 1.82) is 0 Å². The number of likely N-dealkylation sites (N-methyl/N-ethyl adjacent to an activating group) is 1. The maximum atomic E-state index is 6.33. The third-order valence-corrected chi connectivity index (χ3v) is 4.33. The van der Waals surface area contributed by atoms with E-state index in [1.54, 1.807) is 11.8 Å². The highest BCUT2D eigenvalue weighted by Crippen LogP contribution is 2.28. The molecule has 0 aliphatic carbocycles. The standard InChI is InChI=1S/C16H22ClN3O/c1-10-6-7-12(8-15(10)21-5)14(18-3)9-13-11(2)19-20(4)16(13)17/h6-8,14,18H,9H2,1-5H3. The van der Waals surface area contributed by atoms with Crippen molar-refractivity contribution in [2.24, 2.45) is 7.05 Å². The molecule has 1 unspecified atom stereocenters. The second-order valence-corrected chi connectivity index (χ2v) is 5.61. The lowest BCUT2D eigenvalue weighted by atomic mass is 9.98. The molecule has 0 saturated heterocycles. The Bertz CT molecular complexity index is 637. The van der Waals surface area contributed by atoms with Crippen molar-refractivity contribution in [3.8, 4) is 5.75 Å². The van der Waals surface area contributed by atoms with Gasteiger partial charge in [-0.25, -0.2) is 0 Å². The Morgan fingerprint density at radius 3 is 2.62 bits per heavy atom. The van der Waals surface area contributed by atoms with Gasteiger partial charge in [-0.15, -0.1) is 0 Å². The van der Waals surface area contributed by atoms with Crippen LogP contribution in [0.3, 0.4) is 0 Å². The van der Waals surface area contributed by atoms with E-state index in [0.717, 1.165) is 29.0 Å². The predicted molar refractivity (Wildman–Crippen MR) is 86.2 cm³/mol. The molecule has 1 N–H and O–H groups in total. The second kappa shape index (κ2) is 6.50. The SMILES string of the molecule is CNC(Cc1c(C)nn(C)c1Cl)c1ccc(C)c(OC)c1. The van der Waals surface area contributed by atoms with Crippen LogP contribution < -0.4 is 10.1 Å². The van der Waals surface area contributed by atoms with Crippen molar-refractivity contribution in [2.45, 2.75) is 26.3 Å². The van der Waals surface area contributed by atoms with Crippen LogP contribution in [0, 0.1) is 13.8 Å². The average molecular weight is 308 g/mol. The summed E-state index contributed by atoms with van der Waals surface area (Å²) in [5, 5.41) is 8.42. The zero-order valence-electron chi connectivity index (χ0n) is 13.2. The van der Waals surface area contributed by atoms with E-state index in [1.807, 2.05) is 27.9 Å². The summed E-state index contributed by atoms with van der Waals surface area (Å²) >= 11 is 6.33. The summed E-state index contributed by atoms with van der Waals surface area (Å²) in [6.07, 6.45) is 0.793. The topological polar surface area (TPSA) is 39.1 Å². The van der Waals surface area contributed by atoms with E-state index >= 15 is 0 Å². The lowest BCUT2D eigenvalue weighted by Gasteiger charge is -2.18. The van der Waals surface area contributed by atoms with E-state index in [4.69, 9.17) is 16.3 Å². The third-order valence-electron chi connectivity index (χ3n) is 3.86. The Balaban J connectivity index is 2.32. The van der Waals surface area contributed by atoms with E-state index in [0.29, 0.717) is 5.15 Å². The minimum atomic E-state index is 0.167. The van der Waals surface area contributed by atoms with Gasteiger partial charge in [-0.05, 0) is 44.5 Å². The van der Waals surface area contributed by atoms with Gasteiger partial charge in [0.2, 0.25) is 0 Å². The molecule has 0 bridgehead atoms. The van der Waals surface area contributed by atoms with Gasteiger partial charge in [-0.1, -0.05) is 23.7 Å². The molecule has 1 aromatic heterocycles. The molecule has 0 saturated carbocycles. The molecule has 0 aliphatic heterocycles. The van der Waals surface area contributed by atoms with Crippen molar-refractivity contribution in [3.63, 3.8) is 0 Å². The monoisotopic (exact) mass is 307 g/mol. The Hall–Kier alpha value is -1.52. The van der Waals surface area contributed by atoms with Crippen molar-refractivity contribution in [1.82, 2.24) is 15.1 Å². The summed E-state index contributed by atoms with van der Waals surface area (Å²) < 4.78 is 7.13. The van der Waals surface area contributed by atoms with E-state index in [2.05, 4.69) is 28.6 Å². The van der Waals surface area contributed by atoms with Crippen LogP contribution in [0.15, 0.2) is 18.2 Å². The molecule has 0 aliphatic rings. The minimum absolute atomic E-state index is 0.167. The van der Waals surface area contributed by atoms with Crippen LogP contribution in [0.25, 0.3) is 0 Å². The minimum Gasteiger partial charge on any atom is -0.496 e. The van der Waals surface area contributed by atoms with Crippen LogP contribution in [0.1, 0.15) is 28.4 Å². The molecule has 5 heteroatoms. The van der Waals surface area contributed by atoms with Gasteiger partial charge in [-0.2, -0.15) is 5.10 Å². The first-order chi connectivity index (χ1) is 9.97. The molecule has 2 rings (SSSR count). The van der Waals surface area contributed by atoms with Crippen molar-refractivity contribution >= 4 is 11.6 Å². The van der Waals surface area contributed by atoms with Crippen LogP contribution >= 0.6 is 11.6 Å². The highest BCUT2D eigenvalue weighted by molar-refractivity contribution is 6.30. The number of aryl methyl sites for hydroxylation is 3. The maximum absolute atomic E-state index is 6.33. The van der Waals surface area contributed by atoms with Gasteiger partial charge in [0.1, 0.15) is 10.9 Å². The van der Waals surface area contributed by atoms with E-state index < -0.39 is 0 Å². The number of hydrogen-bond acceptors (Lipinski definition) is 3. The molecule has 21 heavy (non-hydrogen) atoms. The number of methoxy groups -OCH3 is 1. The second-order valence-electron chi connectivity index (χ2n) is 5.25. The molecular formula is C16H22ClN3O. The quantitative estimate of drug-likeness (QED) is 0.922. The zero-order chi connectivity index (χ0) is 15.6. The molecule has 1 aromatic carbocycles. The number of hydrogen-bond donors (Lipinski definition) is 1. The first-order valence-electron chi connectivity index (χ1n) is 6.97. The summed E-state index contributed by atoms with van der Waals surface area (Å²) in [6.45, 7) is 4.03. The van der Waals surface area contributed by atoms with Crippen LogP contribution in [-0.4, -0.2) is 23.9 Å². The summed E-state index contributed by atoms with van der Waals surface area (Å²) in [5.41, 5.74) is 4.37. The van der Waals surface area contributed by atoms with E-state index in [-0.39, 0.29) is 6.04 Å². The van der Waals surface area contributed by atoms with Gasteiger partial charge in [0.15, 0.2) is 0 Å². The number of halogens is 1. The number of aromatic nitrogens is 2. The summed E-state index contributed by atoms with van der Waals surface area (Å²) in [7, 11) is 5.52. The van der Waals surface area contributed by atoms with Gasteiger partial charge in [-0.3, -0.25) is 4.68 Å². The van der Waals surface area contributed by atoms with Crippen LogP contribution in [0.5, 0.6) is 5.75 Å². The largest absolute Gasteiger partial charge is 0.496 e. The smallest absolute Gasteiger partial charge is 0.130 e. The molecule has 0 spiro atoms. The molecule has 1 heterocycles. The van der Waals surface area contributed by atoms with Gasteiger partial charge in [0, 0.05) is 18.7 Å². The normalized spacial score (nSPS) is 12.5. The van der Waals surface area contributed by atoms with Gasteiger partial charge >= 0.3 is 0 Å². The van der Waals surface area contributed by atoms with Crippen molar-refractivity contribution < 1.29 is 4.74 Å². The summed E-state index contributed by atoms with van der Waals surface area (Å²) in [5.74, 6) is 0.904. The van der Waals surface area contributed by atoms with Gasteiger partial charge in [0.25, 0.3) is 0 Å². The predicted octanol–water partition coefficient (Wildman–Crippen LogP) is 3.20. The van der Waals surface area contributed by atoms with Crippen LogP contribution in [-0.2, 0) is 13.5 Å². The fourth-order valence-electron chi connectivity index (χ4n) is 2.55. The lowest BCUT2D eigenvalue weighted by Crippen LogP contribution is -2.19. The molecule has 114 valence electrons. The lowest BCUT2D eigenvalue weighted by molar-refractivity contribution is 0.410. The maximum Gasteiger partial charge on any atom is 0.130 e. The summed E-state index contributed by atoms with van der Waals surface area (Å²) in [6, 6.07) is 6.45. The van der Waals surface area contributed by atoms with Gasteiger partial charge in [0.05, 0.1) is 12.8 Å². The fraction of sp³-hybridized carbons (Fsp3) is 0.438. The van der Waals surface area contributed by atoms with Crippen LogP contribution in [0.2, 0.25) is 5.15 Å². The van der Waals surface area contributed by atoms with E-state index in [1.165, 1.54) is 5.56 Å².